The maximum atomic E-state index is 12.6. The number of urea groups is 1. The second kappa shape index (κ2) is 8.34. The number of carbonyl (C=O) groups is 1. The minimum Gasteiger partial charge on any atom is -0.494 e. The van der Waals surface area contributed by atoms with Gasteiger partial charge in [-0.15, -0.1) is 0 Å². The lowest BCUT2D eigenvalue weighted by molar-refractivity contribution is 0.140. The van der Waals surface area contributed by atoms with Crippen LogP contribution in [0.25, 0.3) is 0 Å². The van der Waals surface area contributed by atoms with Crippen LogP contribution in [-0.4, -0.2) is 63.8 Å². The fourth-order valence-electron chi connectivity index (χ4n) is 2.69. The molecular weight excluding hydrogens is 332 g/mol. The molecule has 0 aliphatic carbocycles. The maximum Gasteiger partial charge on any atom is 0.322 e. The van der Waals surface area contributed by atoms with Crippen LogP contribution in [-0.2, 0) is 14.6 Å². The number of hydrogen-bond donors (Lipinski definition) is 1. The van der Waals surface area contributed by atoms with Crippen LogP contribution in [0.5, 0.6) is 5.75 Å². The highest BCUT2D eigenvalue weighted by molar-refractivity contribution is 7.91. The number of rotatable bonds is 7. The summed E-state index contributed by atoms with van der Waals surface area (Å²) in [6.45, 7) is 3.12. The molecule has 24 heavy (non-hydrogen) atoms. The number of sulfone groups is 1. The smallest absolute Gasteiger partial charge is 0.322 e. The Labute approximate surface area is 142 Å². The molecule has 1 heterocycles. The minimum atomic E-state index is -3.07. The Kier molecular flexibility index (Phi) is 6.44. The van der Waals surface area contributed by atoms with E-state index in [9.17, 15) is 13.2 Å². The molecule has 1 saturated heterocycles. The fraction of sp³-hybridized carbons (Fsp3) is 0.562. The van der Waals surface area contributed by atoms with Crippen molar-refractivity contribution < 1.29 is 22.7 Å². The molecule has 134 valence electrons. The monoisotopic (exact) mass is 356 g/mol. The number of hydrogen-bond acceptors (Lipinski definition) is 5. The molecule has 2 amide bonds. The van der Waals surface area contributed by atoms with Gasteiger partial charge in [0, 0.05) is 31.5 Å². The topological polar surface area (TPSA) is 84.9 Å². The molecule has 0 saturated carbocycles. The lowest BCUT2D eigenvalue weighted by Gasteiger charge is -2.28. The van der Waals surface area contributed by atoms with Crippen molar-refractivity contribution in [3.05, 3.63) is 24.3 Å². The van der Waals surface area contributed by atoms with Crippen LogP contribution in [0.15, 0.2) is 24.3 Å². The SMILES string of the molecule is CCOc1cccc(NC(=O)N(CCOC)[C@@H]2CCS(=O)(=O)C2)c1. The van der Waals surface area contributed by atoms with E-state index in [0.29, 0.717) is 37.6 Å². The quantitative estimate of drug-likeness (QED) is 0.804. The van der Waals surface area contributed by atoms with E-state index in [4.69, 9.17) is 9.47 Å². The Morgan fingerprint density at radius 1 is 1.42 bits per heavy atom. The molecule has 1 fully saturated rings. The Bertz CT molecular complexity index is 662. The molecule has 7 nitrogen and oxygen atoms in total. The normalized spacial score (nSPS) is 19.0. The summed E-state index contributed by atoms with van der Waals surface area (Å²) in [7, 11) is -1.52. The molecule has 1 aliphatic heterocycles. The van der Waals surface area contributed by atoms with Crippen LogP contribution in [0.3, 0.4) is 0 Å². The summed E-state index contributed by atoms with van der Waals surface area (Å²) in [5, 5.41) is 2.81. The highest BCUT2D eigenvalue weighted by Gasteiger charge is 2.34. The van der Waals surface area contributed by atoms with E-state index in [1.54, 1.807) is 30.2 Å². The Hall–Kier alpha value is -1.80. The van der Waals surface area contributed by atoms with Gasteiger partial charge in [0.1, 0.15) is 5.75 Å². The minimum absolute atomic E-state index is 0.00310. The van der Waals surface area contributed by atoms with Crippen molar-refractivity contribution in [1.29, 1.82) is 0 Å². The van der Waals surface area contributed by atoms with Crippen LogP contribution in [0.2, 0.25) is 0 Å². The second-order valence-corrected chi connectivity index (χ2v) is 7.86. The van der Waals surface area contributed by atoms with Crippen molar-refractivity contribution in [3.63, 3.8) is 0 Å². The number of nitrogens with zero attached hydrogens (tertiary/aromatic N) is 1. The van der Waals surface area contributed by atoms with Gasteiger partial charge in [-0.3, -0.25) is 0 Å². The Morgan fingerprint density at radius 3 is 2.83 bits per heavy atom. The lowest BCUT2D eigenvalue weighted by atomic mass is 10.2. The molecule has 0 aromatic heterocycles. The lowest BCUT2D eigenvalue weighted by Crippen LogP contribution is -2.45. The Morgan fingerprint density at radius 2 is 2.21 bits per heavy atom. The van der Waals surface area contributed by atoms with Gasteiger partial charge in [0.15, 0.2) is 9.84 Å². The molecule has 0 bridgehead atoms. The summed E-state index contributed by atoms with van der Waals surface area (Å²) in [4.78, 5) is 14.2. The first-order chi connectivity index (χ1) is 11.4. The number of carbonyl (C=O) groups excluding carboxylic acids is 1. The van der Waals surface area contributed by atoms with E-state index in [1.165, 1.54) is 0 Å². The van der Waals surface area contributed by atoms with Gasteiger partial charge < -0.3 is 19.7 Å². The van der Waals surface area contributed by atoms with Crippen molar-refractivity contribution in [3.8, 4) is 5.75 Å². The van der Waals surface area contributed by atoms with Gasteiger partial charge in [0.25, 0.3) is 0 Å². The van der Waals surface area contributed by atoms with E-state index in [0.717, 1.165) is 0 Å². The summed E-state index contributed by atoms with van der Waals surface area (Å²) in [6, 6.07) is 6.45. The first-order valence-electron chi connectivity index (χ1n) is 7.95. The summed E-state index contributed by atoms with van der Waals surface area (Å²) in [5.41, 5.74) is 0.606. The zero-order valence-corrected chi connectivity index (χ0v) is 14.8. The van der Waals surface area contributed by atoms with Crippen LogP contribution in [0, 0.1) is 0 Å². The van der Waals surface area contributed by atoms with E-state index in [-0.39, 0.29) is 23.6 Å². The highest BCUT2D eigenvalue weighted by atomic mass is 32.2. The molecule has 0 spiro atoms. The van der Waals surface area contributed by atoms with Gasteiger partial charge in [0.05, 0.1) is 24.7 Å². The van der Waals surface area contributed by atoms with Gasteiger partial charge >= 0.3 is 6.03 Å². The first-order valence-corrected chi connectivity index (χ1v) is 9.77. The van der Waals surface area contributed by atoms with Crippen molar-refractivity contribution >= 4 is 21.6 Å². The van der Waals surface area contributed by atoms with Gasteiger partial charge in [-0.1, -0.05) is 6.07 Å². The fourth-order valence-corrected chi connectivity index (χ4v) is 4.42. The third kappa shape index (κ3) is 5.10. The van der Waals surface area contributed by atoms with E-state index >= 15 is 0 Å². The molecule has 0 radical (unpaired) electrons. The molecular formula is C16H24N2O5S. The van der Waals surface area contributed by atoms with E-state index in [1.807, 2.05) is 13.0 Å². The number of amides is 2. The van der Waals surface area contributed by atoms with Gasteiger partial charge in [0.2, 0.25) is 0 Å². The maximum absolute atomic E-state index is 12.6. The zero-order valence-electron chi connectivity index (χ0n) is 14.0. The first kappa shape index (κ1) is 18.5. The molecule has 1 atom stereocenters. The predicted molar refractivity (Wildman–Crippen MR) is 92.3 cm³/mol. The number of anilines is 1. The summed E-state index contributed by atoms with van der Waals surface area (Å²) >= 11 is 0. The van der Waals surface area contributed by atoms with Crippen LogP contribution >= 0.6 is 0 Å². The number of ether oxygens (including phenoxy) is 2. The van der Waals surface area contributed by atoms with Gasteiger partial charge in [-0.2, -0.15) is 0 Å². The Balaban J connectivity index is 2.08. The van der Waals surface area contributed by atoms with Crippen molar-refractivity contribution in [2.24, 2.45) is 0 Å². The number of nitrogens with one attached hydrogen (secondary N) is 1. The molecule has 0 unspecified atom stereocenters. The van der Waals surface area contributed by atoms with Crippen molar-refractivity contribution in [1.82, 2.24) is 4.90 Å². The van der Waals surface area contributed by atoms with Crippen LogP contribution < -0.4 is 10.1 Å². The number of benzene rings is 1. The second-order valence-electron chi connectivity index (χ2n) is 5.63. The largest absolute Gasteiger partial charge is 0.494 e. The summed E-state index contributed by atoms with van der Waals surface area (Å²) in [5.74, 6) is 0.791. The van der Waals surface area contributed by atoms with Crippen molar-refractivity contribution in [2.45, 2.75) is 19.4 Å². The number of methoxy groups -OCH3 is 1. The summed E-state index contributed by atoms with van der Waals surface area (Å²) in [6.07, 6.45) is 0.457. The average Bonchev–Trinajstić information content (AvgIpc) is 2.88. The van der Waals surface area contributed by atoms with Gasteiger partial charge in [-0.25, -0.2) is 13.2 Å². The average molecular weight is 356 g/mol. The molecule has 8 heteroatoms. The highest BCUT2D eigenvalue weighted by Crippen LogP contribution is 2.21. The van der Waals surface area contributed by atoms with Gasteiger partial charge in [-0.05, 0) is 25.5 Å². The summed E-state index contributed by atoms with van der Waals surface area (Å²) < 4.78 is 33.9. The standard InChI is InChI=1S/C16H24N2O5S/c1-3-23-15-6-4-5-13(11-15)17-16(19)18(8-9-22-2)14-7-10-24(20,21)12-14/h4-6,11,14H,3,7-10,12H2,1-2H3,(H,17,19)/t14-/m1/s1. The van der Waals surface area contributed by atoms with Crippen LogP contribution in [0.1, 0.15) is 13.3 Å². The third-order valence-corrected chi connectivity index (χ3v) is 5.59. The van der Waals surface area contributed by atoms with Crippen molar-refractivity contribution in [2.75, 3.05) is 43.7 Å². The van der Waals surface area contributed by atoms with E-state index in [2.05, 4.69) is 5.32 Å². The van der Waals surface area contributed by atoms with Crippen LogP contribution in [0.4, 0.5) is 10.5 Å². The zero-order chi connectivity index (χ0) is 17.6. The predicted octanol–water partition coefficient (Wildman–Crippen LogP) is 1.75. The third-order valence-electron chi connectivity index (χ3n) is 3.84. The van der Waals surface area contributed by atoms with E-state index < -0.39 is 9.84 Å². The molecule has 1 aliphatic rings. The molecule has 1 aromatic carbocycles. The molecule has 1 aromatic rings. The molecule has 1 N–H and O–H groups in total. The molecule has 2 rings (SSSR count).